The highest BCUT2D eigenvalue weighted by atomic mass is 16.3. The van der Waals surface area contributed by atoms with E-state index in [4.69, 9.17) is 4.42 Å². The van der Waals surface area contributed by atoms with Gasteiger partial charge in [-0.25, -0.2) is 9.97 Å². The third kappa shape index (κ3) is 4.41. The van der Waals surface area contributed by atoms with Crippen molar-refractivity contribution in [3.63, 3.8) is 0 Å². The number of benzene rings is 1. The molecule has 0 spiro atoms. The Kier molecular flexibility index (Phi) is 5.04. The molecule has 0 fully saturated rings. The third-order valence-corrected chi connectivity index (χ3v) is 3.82. The second-order valence-electron chi connectivity index (χ2n) is 5.76. The number of nitrogens with one attached hydrogen (secondary N) is 1. The molecule has 5 nitrogen and oxygen atoms in total. The standard InChI is InChI=1S/C20H19N3O2/c1-14-3-8-19(25-14)9-10-20(24)23-15(2)16-4-6-17(7-5-16)18-11-21-13-22-12-18/h3-13,15H,1-2H3,(H,23,24)/b10-9+/t15-/m1/s1. The number of rotatable bonds is 5. The van der Waals surface area contributed by atoms with Gasteiger partial charge in [0.25, 0.3) is 0 Å². The summed E-state index contributed by atoms with van der Waals surface area (Å²) in [5, 5.41) is 2.94. The van der Waals surface area contributed by atoms with Crippen LogP contribution in [0.15, 0.2) is 65.6 Å². The lowest BCUT2D eigenvalue weighted by molar-refractivity contribution is -0.117. The lowest BCUT2D eigenvalue weighted by atomic mass is 10.0. The minimum absolute atomic E-state index is 0.100. The summed E-state index contributed by atoms with van der Waals surface area (Å²) in [5.41, 5.74) is 3.02. The summed E-state index contributed by atoms with van der Waals surface area (Å²) in [7, 11) is 0. The molecule has 2 aromatic heterocycles. The predicted molar refractivity (Wildman–Crippen MR) is 96.5 cm³/mol. The fraction of sp³-hybridized carbons (Fsp3) is 0.150. The fourth-order valence-electron chi connectivity index (χ4n) is 2.46. The zero-order valence-corrected chi connectivity index (χ0v) is 14.1. The number of amides is 1. The highest BCUT2D eigenvalue weighted by Gasteiger charge is 2.08. The molecule has 25 heavy (non-hydrogen) atoms. The molecule has 0 aliphatic heterocycles. The maximum absolute atomic E-state index is 12.0. The molecule has 1 amide bonds. The van der Waals surface area contributed by atoms with Gasteiger partial charge in [-0.2, -0.15) is 0 Å². The molecule has 0 aliphatic rings. The van der Waals surface area contributed by atoms with Gasteiger partial charge in [-0.1, -0.05) is 24.3 Å². The molecule has 5 heteroatoms. The SMILES string of the molecule is Cc1ccc(/C=C/C(=O)N[C@H](C)c2ccc(-c3cncnc3)cc2)o1. The maximum Gasteiger partial charge on any atom is 0.244 e. The quantitative estimate of drug-likeness (QED) is 0.718. The molecule has 1 atom stereocenters. The molecule has 1 aromatic carbocycles. The van der Waals surface area contributed by atoms with Crippen LogP contribution in [0.2, 0.25) is 0 Å². The van der Waals surface area contributed by atoms with Gasteiger partial charge in [-0.05, 0) is 43.2 Å². The van der Waals surface area contributed by atoms with Crippen LogP contribution in [-0.4, -0.2) is 15.9 Å². The number of aryl methyl sites for hydroxylation is 1. The van der Waals surface area contributed by atoms with E-state index in [0.717, 1.165) is 22.5 Å². The first-order chi connectivity index (χ1) is 12.1. The van der Waals surface area contributed by atoms with E-state index in [9.17, 15) is 4.79 Å². The van der Waals surface area contributed by atoms with E-state index in [1.807, 2.05) is 50.2 Å². The van der Waals surface area contributed by atoms with Crippen LogP contribution in [0.25, 0.3) is 17.2 Å². The van der Waals surface area contributed by atoms with Gasteiger partial charge in [0, 0.05) is 24.0 Å². The molecule has 0 unspecified atom stereocenters. The first-order valence-electron chi connectivity index (χ1n) is 8.02. The molecule has 1 N–H and O–H groups in total. The Balaban J connectivity index is 1.62. The smallest absolute Gasteiger partial charge is 0.244 e. The average Bonchev–Trinajstić information content (AvgIpc) is 3.06. The zero-order valence-electron chi connectivity index (χ0n) is 14.1. The second-order valence-corrected chi connectivity index (χ2v) is 5.76. The molecule has 0 aliphatic carbocycles. The van der Waals surface area contributed by atoms with Crippen LogP contribution in [0.3, 0.4) is 0 Å². The Hall–Kier alpha value is -3.21. The molecular weight excluding hydrogens is 314 g/mol. The number of furan rings is 1. The van der Waals surface area contributed by atoms with E-state index in [1.165, 1.54) is 12.4 Å². The van der Waals surface area contributed by atoms with Crippen molar-refractivity contribution in [3.8, 4) is 11.1 Å². The van der Waals surface area contributed by atoms with Crippen LogP contribution >= 0.6 is 0 Å². The highest BCUT2D eigenvalue weighted by Crippen LogP contribution is 2.20. The third-order valence-electron chi connectivity index (χ3n) is 3.82. The molecule has 3 aromatic rings. The number of aromatic nitrogens is 2. The van der Waals surface area contributed by atoms with Gasteiger partial charge in [0.1, 0.15) is 17.8 Å². The first kappa shape index (κ1) is 16.6. The summed E-state index contributed by atoms with van der Waals surface area (Å²) in [6.07, 6.45) is 8.19. The molecule has 2 heterocycles. The minimum atomic E-state index is -0.165. The van der Waals surface area contributed by atoms with Crippen LogP contribution in [-0.2, 0) is 4.79 Å². The largest absolute Gasteiger partial charge is 0.462 e. The molecule has 3 rings (SSSR count). The van der Waals surface area contributed by atoms with Crippen molar-refractivity contribution in [1.29, 1.82) is 0 Å². The summed E-state index contributed by atoms with van der Waals surface area (Å²) in [6, 6.07) is 11.6. The minimum Gasteiger partial charge on any atom is -0.462 e. The van der Waals surface area contributed by atoms with Crippen molar-refractivity contribution in [2.24, 2.45) is 0 Å². The molecule has 0 bridgehead atoms. The Morgan fingerprint density at radius 1 is 1.08 bits per heavy atom. The number of nitrogens with zero attached hydrogens (tertiary/aromatic N) is 2. The molecular formula is C20H19N3O2. The molecule has 0 radical (unpaired) electrons. The Bertz CT molecular complexity index is 867. The molecule has 0 saturated heterocycles. The number of carbonyl (C=O) groups excluding carboxylic acids is 1. The topological polar surface area (TPSA) is 68.0 Å². The second kappa shape index (κ2) is 7.57. The van der Waals surface area contributed by atoms with Gasteiger partial charge < -0.3 is 9.73 Å². The van der Waals surface area contributed by atoms with E-state index >= 15 is 0 Å². The van der Waals surface area contributed by atoms with Crippen LogP contribution in [0.4, 0.5) is 0 Å². The fourth-order valence-corrected chi connectivity index (χ4v) is 2.46. The van der Waals surface area contributed by atoms with Gasteiger partial charge in [0.05, 0.1) is 6.04 Å². The van der Waals surface area contributed by atoms with Crippen molar-refractivity contribution in [2.45, 2.75) is 19.9 Å². The Morgan fingerprint density at radius 3 is 2.44 bits per heavy atom. The molecule has 126 valence electrons. The van der Waals surface area contributed by atoms with Crippen molar-refractivity contribution in [2.75, 3.05) is 0 Å². The monoisotopic (exact) mass is 333 g/mol. The first-order valence-corrected chi connectivity index (χ1v) is 8.02. The predicted octanol–water partition coefficient (Wildman–Crippen LogP) is 3.94. The van der Waals surface area contributed by atoms with E-state index in [0.29, 0.717) is 5.76 Å². The Morgan fingerprint density at radius 2 is 1.80 bits per heavy atom. The highest BCUT2D eigenvalue weighted by molar-refractivity contribution is 5.91. The summed E-state index contributed by atoms with van der Waals surface area (Å²) in [6.45, 7) is 3.81. The normalized spacial score (nSPS) is 12.2. The maximum atomic E-state index is 12.0. The van der Waals surface area contributed by atoms with Crippen molar-refractivity contribution < 1.29 is 9.21 Å². The van der Waals surface area contributed by atoms with Crippen molar-refractivity contribution >= 4 is 12.0 Å². The van der Waals surface area contributed by atoms with Gasteiger partial charge in [0.2, 0.25) is 5.91 Å². The number of carbonyl (C=O) groups is 1. The van der Waals surface area contributed by atoms with Crippen LogP contribution in [0.5, 0.6) is 0 Å². The summed E-state index contributed by atoms with van der Waals surface area (Å²) in [5.74, 6) is 1.31. The van der Waals surface area contributed by atoms with E-state index in [2.05, 4.69) is 15.3 Å². The average molecular weight is 333 g/mol. The summed E-state index contributed by atoms with van der Waals surface area (Å²) in [4.78, 5) is 20.1. The van der Waals surface area contributed by atoms with Gasteiger partial charge in [0.15, 0.2) is 0 Å². The zero-order chi connectivity index (χ0) is 17.6. The van der Waals surface area contributed by atoms with E-state index in [-0.39, 0.29) is 11.9 Å². The number of hydrogen-bond acceptors (Lipinski definition) is 4. The van der Waals surface area contributed by atoms with Gasteiger partial charge >= 0.3 is 0 Å². The van der Waals surface area contributed by atoms with Gasteiger partial charge in [-0.15, -0.1) is 0 Å². The van der Waals surface area contributed by atoms with E-state index in [1.54, 1.807) is 18.5 Å². The van der Waals surface area contributed by atoms with Crippen molar-refractivity contribution in [3.05, 3.63) is 78.3 Å². The van der Waals surface area contributed by atoms with Crippen LogP contribution < -0.4 is 5.32 Å². The van der Waals surface area contributed by atoms with Crippen LogP contribution in [0.1, 0.15) is 30.0 Å². The van der Waals surface area contributed by atoms with E-state index < -0.39 is 0 Å². The Labute approximate surface area is 146 Å². The number of hydrogen-bond donors (Lipinski definition) is 1. The lowest BCUT2D eigenvalue weighted by Crippen LogP contribution is -2.24. The lowest BCUT2D eigenvalue weighted by Gasteiger charge is -2.13. The summed E-state index contributed by atoms with van der Waals surface area (Å²) >= 11 is 0. The molecule has 0 saturated carbocycles. The summed E-state index contributed by atoms with van der Waals surface area (Å²) < 4.78 is 5.40. The van der Waals surface area contributed by atoms with Crippen molar-refractivity contribution in [1.82, 2.24) is 15.3 Å². The van der Waals surface area contributed by atoms with Gasteiger partial charge in [-0.3, -0.25) is 4.79 Å². The van der Waals surface area contributed by atoms with Crippen LogP contribution in [0, 0.1) is 6.92 Å².